The number of amides is 1. The molecule has 0 fully saturated rings. The van der Waals surface area contributed by atoms with Gasteiger partial charge in [-0.1, -0.05) is 20.8 Å². The lowest BCUT2D eigenvalue weighted by Crippen LogP contribution is -2.28. The maximum absolute atomic E-state index is 12.1. The highest BCUT2D eigenvalue weighted by Gasteiger charge is 2.23. The van der Waals surface area contributed by atoms with Crippen LogP contribution in [0.4, 0.5) is 5.69 Å². The summed E-state index contributed by atoms with van der Waals surface area (Å²) >= 11 is 0. The molecule has 2 aromatic rings. The molecule has 0 saturated heterocycles. The van der Waals surface area contributed by atoms with Gasteiger partial charge < -0.3 is 5.32 Å². The molecule has 0 bridgehead atoms. The van der Waals surface area contributed by atoms with E-state index in [1.54, 1.807) is 36.3 Å². The monoisotopic (exact) mass is 286 g/mol. The van der Waals surface area contributed by atoms with Crippen LogP contribution in [0.15, 0.2) is 24.5 Å². The molecule has 2 heterocycles. The number of aryl methyl sites for hydroxylation is 1. The lowest BCUT2D eigenvalue weighted by atomic mass is 9.95. The minimum atomic E-state index is -0.546. The van der Waals surface area contributed by atoms with Crippen LogP contribution in [0, 0.1) is 5.41 Å². The van der Waals surface area contributed by atoms with Crippen LogP contribution < -0.4 is 5.32 Å². The van der Waals surface area contributed by atoms with Gasteiger partial charge in [0.15, 0.2) is 6.29 Å². The summed E-state index contributed by atoms with van der Waals surface area (Å²) < 4.78 is 1.63. The van der Waals surface area contributed by atoms with Gasteiger partial charge in [-0.15, -0.1) is 0 Å². The Balaban J connectivity index is 2.48. The third kappa shape index (κ3) is 2.99. The average Bonchev–Trinajstić information content (AvgIpc) is 2.83. The summed E-state index contributed by atoms with van der Waals surface area (Å²) in [5, 5.41) is 6.86. The molecule has 0 aromatic carbocycles. The van der Waals surface area contributed by atoms with Gasteiger partial charge in [0.05, 0.1) is 16.9 Å². The average molecular weight is 286 g/mol. The van der Waals surface area contributed by atoms with Crippen molar-refractivity contribution in [3.8, 4) is 11.4 Å². The van der Waals surface area contributed by atoms with Crippen molar-refractivity contribution in [1.82, 2.24) is 14.8 Å². The molecule has 0 radical (unpaired) electrons. The van der Waals surface area contributed by atoms with Gasteiger partial charge in [-0.3, -0.25) is 19.3 Å². The molecule has 0 saturated carbocycles. The Labute approximate surface area is 123 Å². The summed E-state index contributed by atoms with van der Waals surface area (Å²) in [6, 6.07) is 3.39. The van der Waals surface area contributed by atoms with Gasteiger partial charge in [-0.05, 0) is 12.1 Å². The third-order valence-corrected chi connectivity index (χ3v) is 3.10. The van der Waals surface area contributed by atoms with E-state index in [2.05, 4.69) is 15.4 Å². The van der Waals surface area contributed by atoms with Crippen LogP contribution in [-0.4, -0.2) is 27.0 Å². The van der Waals surface area contributed by atoms with E-state index in [1.807, 2.05) is 20.8 Å². The largest absolute Gasteiger partial charge is 0.325 e. The van der Waals surface area contributed by atoms with Crippen LogP contribution in [0.2, 0.25) is 0 Å². The van der Waals surface area contributed by atoms with Gasteiger partial charge >= 0.3 is 0 Å². The zero-order valence-electron chi connectivity index (χ0n) is 12.5. The molecule has 0 unspecified atom stereocenters. The van der Waals surface area contributed by atoms with E-state index in [4.69, 9.17) is 0 Å². The Bertz CT molecular complexity index is 683. The predicted octanol–water partition coefficient (Wildman–Crippen LogP) is 2.28. The Hall–Kier alpha value is -2.50. The molecule has 2 rings (SSSR count). The molecule has 1 N–H and O–H groups in total. The summed E-state index contributed by atoms with van der Waals surface area (Å²) in [4.78, 5) is 27.8. The maximum Gasteiger partial charge on any atom is 0.229 e. The number of hydrogen-bond donors (Lipinski definition) is 1. The van der Waals surface area contributed by atoms with Gasteiger partial charge in [-0.25, -0.2) is 0 Å². The fraction of sp³-hybridized carbons (Fsp3) is 0.333. The first-order valence-corrected chi connectivity index (χ1v) is 6.58. The summed E-state index contributed by atoms with van der Waals surface area (Å²) in [7, 11) is 1.77. The number of aromatic nitrogens is 3. The van der Waals surface area contributed by atoms with Gasteiger partial charge in [-0.2, -0.15) is 5.10 Å². The second-order valence-electron chi connectivity index (χ2n) is 5.78. The third-order valence-electron chi connectivity index (χ3n) is 3.10. The molecule has 0 aliphatic rings. The van der Waals surface area contributed by atoms with Crippen LogP contribution in [0.1, 0.15) is 31.1 Å². The Kier molecular flexibility index (Phi) is 3.88. The molecule has 21 heavy (non-hydrogen) atoms. The number of carbonyl (C=O) groups is 2. The summed E-state index contributed by atoms with van der Waals surface area (Å²) in [6.07, 6.45) is 3.90. The quantitative estimate of drug-likeness (QED) is 0.878. The highest BCUT2D eigenvalue weighted by Crippen LogP contribution is 2.26. The van der Waals surface area contributed by atoms with E-state index < -0.39 is 5.41 Å². The number of carbonyl (C=O) groups excluding carboxylic acids is 2. The van der Waals surface area contributed by atoms with Crippen molar-refractivity contribution in [2.24, 2.45) is 12.5 Å². The van der Waals surface area contributed by atoms with Crippen LogP contribution >= 0.6 is 0 Å². The van der Waals surface area contributed by atoms with Crippen molar-refractivity contribution < 1.29 is 9.59 Å². The minimum absolute atomic E-state index is 0.159. The van der Waals surface area contributed by atoms with Crippen molar-refractivity contribution in [2.45, 2.75) is 20.8 Å². The highest BCUT2D eigenvalue weighted by atomic mass is 16.2. The van der Waals surface area contributed by atoms with Gasteiger partial charge in [0.25, 0.3) is 0 Å². The Morgan fingerprint density at radius 3 is 2.52 bits per heavy atom. The number of rotatable bonds is 3. The van der Waals surface area contributed by atoms with Crippen molar-refractivity contribution in [1.29, 1.82) is 0 Å². The molecular formula is C15H18N4O2. The van der Waals surface area contributed by atoms with Gasteiger partial charge in [0.2, 0.25) is 5.91 Å². The van der Waals surface area contributed by atoms with Gasteiger partial charge in [0.1, 0.15) is 5.69 Å². The van der Waals surface area contributed by atoms with Crippen molar-refractivity contribution in [3.63, 3.8) is 0 Å². The van der Waals surface area contributed by atoms with Crippen LogP contribution in [-0.2, 0) is 11.8 Å². The SMILES string of the molecule is Cn1nccc1-c1nccc(NC(=O)C(C)(C)C)c1C=O. The molecule has 110 valence electrons. The number of anilines is 1. The topological polar surface area (TPSA) is 76.9 Å². The first-order chi connectivity index (χ1) is 9.84. The standard InChI is InChI=1S/C15H18N4O2/c1-15(2,3)14(21)18-11-5-7-16-13(10(11)9-20)12-6-8-17-19(12)4/h5-9H,1-4H3,(H,16,18,21). The molecule has 0 atom stereocenters. The summed E-state index contributed by atoms with van der Waals surface area (Å²) in [5.41, 5.74) is 1.46. The predicted molar refractivity (Wildman–Crippen MR) is 79.9 cm³/mol. The van der Waals surface area contributed by atoms with Crippen molar-refractivity contribution in [3.05, 3.63) is 30.1 Å². The van der Waals surface area contributed by atoms with Crippen molar-refractivity contribution >= 4 is 17.9 Å². The molecule has 1 amide bonds. The molecule has 0 aliphatic carbocycles. The fourth-order valence-electron chi connectivity index (χ4n) is 1.82. The first kappa shape index (κ1) is 14.9. The van der Waals surface area contributed by atoms with E-state index in [1.165, 1.54) is 0 Å². The van der Waals surface area contributed by atoms with Crippen LogP contribution in [0.3, 0.4) is 0 Å². The fourth-order valence-corrected chi connectivity index (χ4v) is 1.82. The first-order valence-electron chi connectivity index (χ1n) is 6.58. The van der Waals surface area contributed by atoms with E-state index >= 15 is 0 Å². The molecule has 2 aromatic heterocycles. The van der Waals surface area contributed by atoms with Gasteiger partial charge in [0, 0.05) is 24.9 Å². The lowest BCUT2D eigenvalue weighted by molar-refractivity contribution is -0.123. The lowest BCUT2D eigenvalue weighted by Gasteiger charge is -2.19. The van der Waals surface area contributed by atoms with Crippen molar-refractivity contribution in [2.75, 3.05) is 5.32 Å². The number of pyridine rings is 1. The maximum atomic E-state index is 12.1. The molecule has 6 nitrogen and oxygen atoms in total. The second-order valence-corrected chi connectivity index (χ2v) is 5.78. The van der Waals surface area contributed by atoms with E-state index in [-0.39, 0.29) is 5.91 Å². The number of nitrogens with one attached hydrogen (secondary N) is 1. The van der Waals surface area contributed by atoms with E-state index in [9.17, 15) is 9.59 Å². The zero-order chi connectivity index (χ0) is 15.6. The van der Waals surface area contributed by atoms with Crippen LogP contribution in [0.25, 0.3) is 11.4 Å². The zero-order valence-corrected chi connectivity index (χ0v) is 12.5. The molecule has 0 spiro atoms. The Morgan fingerprint density at radius 1 is 1.29 bits per heavy atom. The normalized spacial score (nSPS) is 11.2. The molecule has 0 aliphatic heterocycles. The minimum Gasteiger partial charge on any atom is -0.325 e. The summed E-state index contributed by atoms with van der Waals surface area (Å²) in [5.74, 6) is -0.159. The van der Waals surface area contributed by atoms with E-state index in [0.717, 1.165) is 0 Å². The molecule has 6 heteroatoms. The Morgan fingerprint density at radius 2 is 2.00 bits per heavy atom. The smallest absolute Gasteiger partial charge is 0.229 e. The number of aldehydes is 1. The van der Waals surface area contributed by atoms with E-state index in [0.29, 0.717) is 28.9 Å². The highest BCUT2D eigenvalue weighted by molar-refractivity contribution is 6.01. The van der Waals surface area contributed by atoms with Crippen LogP contribution in [0.5, 0.6) is 0 Å². The number of hydrogen-bond acceptors (Lipinski definition) is 4. The molecular weight excluding hydrogens is 268 g/mol. The number of nitrogens with zero attached hydrogens (tertiary/aromatic N) is 3. The second kappa shape index (κ2) is 5.47. The summed E-state index contributed by atoms with van der Waals surface area (Å²) in [6.45, 7) is 5.43.